The Morgan fingerprint density at radius 2 is 1.50 bits per heavy atom. The minimum absolute atomic E-state index is 0. The zero-order chi connectivity index (χ0) is 5.98. The van der Waals surface area contributed by atoms with Gasteiger partial charge in [0.1, 0.15) is 4.90 Å². The van der Waals surface area contributed by atoms with Gasteiger partial charge in [-0.3, -0.25) is 0 Å². The molecule has 0 aromatic carbocycles. The third-order valence-electron chi connectivity index (χ3n) is 0.487. The first-order valence-electron chi connectivity index (χ1n) is 1.67. The Morgan fingerprint density at radius 1 is 1.10 bits per heavy atom. The van der Waals surface area contributed by atoms with E-state index in [4.69, 9.17) is 10.4 Å². The van der Waals surface area contributed by atoms with Crippen LogP contribution < -0.4 is 0 Å². The van der Waals surface area contributed by atoms with E-state index in [2.05, 4.69) is 20.7 Å². The summed E-state index contributed by atoms with van der Waals surface area (Å²) in [4.78, 5) is -0.264. The van der Waals surface area contributed by atoms with Crippen LogP contribution in [0.4, 0.5) is 0 Å². The van der Waals surface area contributed by atoms with E-state index in [1.54, 1.807) is 0 Å². The van der Waals surface area contributed by atoms with Crippen LogP contribution in [-0.2, 0) is 0 Å². The first-order chi connectivity index (χ1) is 3.80. The fraction of sp³-hybridized carbons (Fsp3) is 0. The average Bonchev–Trinajstić information content (AvgIpc) is 2.12. The maximum absolute atomic E-state index is 8.10. The molecule has 0 fully saturated rings. The highest BCUT2D eigenvalue weighted by Crippen LogP contribution is 1.94. The van der Waals surface area contributed by atoms with Crippen molar-refractivity contribution in [1.29, 1.82) is 0 Å². The maximum atomic E-state index is 8.10. The summed E-state index contributed by atoms with van der Waals surface area (Å²) in [6.45, 7) is 0. The molecule has 1 heterocycles. The van der Waals surface area contributed by atoms with E-state index in [0.29, 0.717) is 0 Å². The second-order valence-corrected chi connectivity index (χ2v) is 0.968. The predicted octanol–water partition coefficient (Wildman–Crippen LogP) is -0.437. The summed E-state index contributed by atoms with van der Waals surface area (Å²) in [6, 6.07) is 0. The molecule has 1 rings (SSSR count). The lowest BCUT2D eigenvalue weighted by Crippen LogP contribution is -2.06. The van der Waals surface area contributed by atoms with Gasteiger partial charge in [-0.05, 0) is 0 Å². The van der Waals surface area contributed by atoms with Crippen molar-refractivity contribution in [2.45, 2.75) is 0 Å². The summed E-state index contributed by atoms with van der Waals surface area (Å²) in [6.07, 6.45) is 0. The standard InChI is InChI=1S/CH2N5O2.ClH.H2O/c7-6(8)1-2-4-5-3-1;;/h7-8H;1H;1H2/q+1;;. The summed E-state index contributed by atoms with van der Waals surface area (Å²) in [5.41, 5.74) is 0. The van der Waals surface area contributed by atoms with Crippen molar-refractivity contribution < 1.29 is 20.8 Å². The molecule has 0 saturated heterocycles. The lowest BCUT2D eigenvalue weighted by atomic mass is 11.1. The van der Waals surface area contributed by atoms with Gasteiger partial charge in [-0.2, -0.15) is 0 Å². The molecule has 0 aromatic rings. The molecule has 10 heavy (non-hydrogen) atoms. The Balaban J connectivity index is 0. The fourth-order valence-electron chi connectivity index (χ4n) is 0.220. The van der Waals surface area contributed by atoms with E-state index >= 15 is 0 Å². The smallest absolute Gasteiger partial charge is 0.412 e. The SMILES string of the molecule is Cl.O.O[N+](O)=C1N=NN=N1. The van der Waals surface area contributed by atoms with Gasteiger partial charge in [-0.25, -0.2) is 0 Å². The third-order valence-corrected chi connectivity index (χ3v) is 0.487. The van der Waals surface area contributed by atoms with Crippen molar-refractivity contribution >= 4 is 18.4 Å². The fourth-order valence-corrected chi connectivity index (χ4v) is 0.220. The van der Waals surface area contributed by atoms with Crippen molar-refractivity contribution in [2.75, 3.05) is 0 Å². The monoisotopic (exact) mass is 170 g/mol. The van der Waals surface area contributed by atoms with Crippen LogP contribution in [0.15, 0.2) is 20.7 Å². The van der Waals surface area contributed by atoms with Gasteiger partial charge in [0.15, 0.2) is 0 Å². The van der Waals surface area contributed by atoms with Crippen LogP contribution in [0.1, 0.15) is 0 Å². The molecule has 0 bridgehead atoms. The van der Waals surface area contributed by atoms with Crippen LogP contribution in [0.5, 0.6) is 0 Å². The Labute approximate surface area is 60.8 Å². The van der Waals surface area contributed by atoms with Gasteiger partial charge in [0.05, 0.1) is 20.7 Å². The minimum atomic E-state index is -0.343. The predicted molar refractivity (Wildman–Crippen MR) is 29.4 cm³/mol. The third kappa shape index (κ3) is 2.33. The van der Waals surface area contributed by atoms with Gasteiger partial charge < -0.3 is 15.9 Å². The molecular formula is CH5ClN5O3+. The number of guanidine groups is 1. The molecule has 58 valence electrons. The number of rotatable bonds is 0. The normalized spacial score (nSPS) is 12.2. The quantitative estimate of drug-likeness (QED) is 0.378. The van der Waals surface area contributed by atoms with Crippen LogP contribution in [0, 0.1) is 0 Å². The average molecular weight is 171 g/mol. The Bertz CT molecular complexity index is 167. The molecule has 1 aliphatic heterocycles. The molecule has 1 aliphatic rings. The van der Waals surface area contributed by atoms with Gasteiger partial charge in [0.25, 0.3) is 0 Å². The largest absolute Gasteiger partial charge is 0.551 e. The van der Waals surface area contributed by atoms with E-state index in [1.807, 2.05) is 0 Å². The van der Waals surface area contributed by atoms with Crippen LogP contribution in [-0.4, -0.2) is 26.8 Å². The Morgan fingerprint density at radius 3 is 1.70 bits per heavy atom. The lowest BCUT2D eigenvalue weighted by molar-refractivity contribution is -0.956. The molecule has 0 amide bonds. The van der Waals surface area contributed by atoms with Crippen LogP contribution in [0.3, 0.4) is 0 Å². The van der Waals surface area contributed by atoms with Crippen molar-refractivity contribution in [3.63, 3.8) is 0 Å². The highest BCUT2D eigenvalue weighted by molar-refractivity contribution is 5.85. The lowest BCUT2D eigenvalue weighted by Gasteiger charge is -1.75. The van der Waals surface area contributed by atoms with Crippen molar-refractivity contribution in [3.05, 3.63) is 0 Å². The number of halogens is 1. The van der Waals surface area contributed by atoms with Crippen LogP contribution in [0.2, 0.25) is 0 Å². The first kappa shape index (κ1) is 11.5. The van der Waals surface area contributed by atoms with E-state index in [1.165, 1.54) is 0 Å². The van der Waals surface area contributed by atoms with E-state index in [0.717, 1.165) is 0 Å². The molecule has 0 atom stereocenters. The van der Waals surface area contributed by atoms with Gasteiger partial charge >= 0.3 is 5.96 Å². The van der Waals surface area contributed by atoms with Crippen molar-refractivity contribution in [3.8, 4) is 0 Å². The zero-order valence-electron chi connectivity index (χ0n) is 4.54. The summed E-state index contributed by atoms with van der Waals surface area (Å²) in [5, 5.41) is 28.3. The van der Waals surface area contributed by atoms with Gasteiger partial charge in [0.2, 0.25) is 0 Å². The highest BCUT2D eigenvalue weighted by atomic mass is 35.5. The van der Waals surface area contributed by atoms with E-state index < -0.39 is 0 Å². The summed E-state index contributed by atoms with van der Waals surface area (Å²) < 4.78 is 0. The van der Waals surface area contributed by atoms with Gasteiger partial charge in [-0.15, -0.1) is 12.4 Å². The van der Waals surface area contributed by atoms with E-state index in [-0.39, 0.29) is 28.7 Å². The Kier molecular flexibility index (Phi) is 5.28. The number of hydrogen-bond acceptors (Lipinski definition) is 4. The summed E-state index contributed by atoms with van der Waals surface area (Å²) >= 11 is 0. The minimum Gasteiger partial charge on any atom is -0.412 e. The summed E-state index contributed by atoms with van der Waals surface area (Å²) in [5.74, 6) is -0.343. The molecule has 4 N–H and O–H groups in total. The number of hydrogen-bond donors (Lipinski definition) is 2. The first-order valence-corrected chi connectivity index (χ1v) is 1.67. The molecule has 0 spiro atoms. The second kappa shape index (κ2) is 4.58. The van der Waals surface area contributed by atoms with E-state index in [9.17, 15) is 0 Å². The zero-order valence-corrected chi connectivity index (χ0v) is 5.36. The van der Waals surface area contributed by atoms with Crippen molar-refractivity contribution in [2.24, 2.45) is 20.7 Å². The van der Waals surface area contributed by atoms with Crippen molar-refractivity contribution in [1.82, 2.24) is 0 Å². The molecule has 0 aromatic heterocycles. The number of nitrogens with zero attached hydrogens (tertiary/aromatic N) is 5. The Hall–Kier alpha value is -1.28. The molecule has 0 unspecified atom stereocenters. The van der Waals surface area contributed by atoms with Gasteiger partial charge in [-0.1, -0.05) is 0 Å². The van der Waals surface area contributed by atoms with Crippen LogP contribution in [0.25, 0.3) is 0 Å². The summed E-state index contributed by atoms with van der Waals surface area (Å²) in [7, 11) is 0. The maximum Gasteiger partial charge on any atom is 0.551 e. The molecule has 0 aliphatic carbocycles. The molecule has 0 radical (unpaired) electrons. The topological polar surface area (TPSA) is 124 Å². The van der Waals surface area contributed by atoms with Gasteiger partial charge in [0, 0.05) is 0 Å². The highest BCUT2D eigenvalue weighted by Gasteiger charge is 2.17. The molecule has 8 nitrogen and oxygen atoms in total. The van der Waals surface area contributed by atoms with Crippen LogP contribution >= 0.6 is 12.4 Å². The second-order valence-electron chi connectivity index (χ2n) is 0.968. The molecule has 9 heteroatoms. The molecule has 0 saturated carbocycles. The molecular weight excluding hydrogens is 165 g/mol.